The summed E-state index contributed by atoms with van der Waals surface area (Å²) in [7, 11) is -3.30. The van der Waals surface area contributed by atoms with Crippen LogP contribution < -0.4 is 5.32 Å². The quantitative estimate of drug-likeness (QED) is 0.648. The van der Waals surface area contributed by atoms with Gasteiger partial charge in [0, 0.05) is 5.56 Å². The summed E-state index contributed by atoms with van der Waals surface area (Å²) in [6, 6.07) is 9.31. The normalized spacial score (nSPS) is 11.4. The van der Waals surface area contributed by atoms with Crippen LogP contribution in [0.25, 0.3) is 10.8 Å². The monoisotopic (exact) mass is 441 g/mol. The number of carbonyl (C=O) groups is 1. The van der Waals surface area contributed by atoms with Gasteiger partial charge in [-0.3, -0.25) is 10.1 Å². The van der Waals surface area contributed by atoms with Crippen molar-refractivity contribution in [3.05, 3.63) is 45.7 Å². The van der Waals surface area contributed by atoms with Crippen molar-refractivity contribution in [1.29, 1.82) is 0 Å². The van der Waals surface area contributed by atoms with Crippen LogP contribution in [0.1, 0.15) is 17.3 Å². The number of aromatic nitrogens is 2. The number of carbonyl (C=O) groups excluding carboxylic acids is 1. The van der Waals surface area contributed by atoms with Crippen LogP contribution in [0, 0.1) is 0 Å². The maximum atomic E-state index is 12.2. The summed E-state index contributed by atoms with van der Waals surface area (Å²) >= 11 is 4.77. The topological polar surface area (TPSA) is 102 Å². The first-order valence-electron chi connectivity index (χ1n) is 7.12. The molecule has 0 saturated carbocycles. The molecule has 7 nitrogen and oxygen atoms in total. The fraction of sp³-hybridized carbons (Fsp3) is 0.133. The predicted octanol–water partition coefficient (Wildman–Crippen LogP) is 3.61. The number of nitrogens with one attached hydrogen (secondary N) is 1. The largest absolute Gasteiger partial charge is 0.402 e. The van der Waals surface area contributed by atoms with E-state index in [4.69, 9.17) is 4.42 Å². The molecule has 0 aliphatic rings. The van der Waals surface area contributed by atoms with Gasteiger partial charge in [0.15, 0.2) is 9.84 Å². The van der Waals surface area contributed by atoms with E-state index in [1.165, 1.54) is 35.6 Å². The minimum Gasteiger partial charge on any atom is -0.402 e. The minimum atomic E-state index is -3.30. The van der Waals surface area contributed by atoms with Gasteiger partial charge in [-0.2, -0.15) is 0 Å². The highest BCUT2D eigenvalue weighted by Gasteiger charge is 2.16. The summed E-state index contributed by atoms with van der Waals surface area (Å²) in [5.41, 5.74) is 0.286. The molecule has 130 valence electrons. The SMILES string of the molecule is CCS(=O)(=O)c1ccc(C(=O)Nc2nnc(-c3ccc(Br)s3)o2)cc1. The molecule has 10 heteroatoms. The van der Waals surface area contributed by atoms with E-state index < -0.39 is 15.7 Å². The Labute approximate surface area is 156 Å². The Kier molecular flexibility index (Phi) is 5.02. The number of hydrogen-bond donors (Lipinski definition) is 1. The maximum Gasteiger partial charge on any atom is 0.322 e. The maximum absolute atomic E-state index is 12.2. The van der Waals surface area contributed by atoms with Crippen molar-refractivity contribution in [3.63, 3.8) is 0 Å². The van der Waals surface area contributed by atoms with Gasteiger partial charge in [-0.25, -0.2) is 8.42 Å². The summed E-state index contributed by atoms with van der Waals surface area (Å²) in [6.07, 6.45) is 0. The van der Waals surface area contributed by atoms with Crippen molar-refractivity contribution in [2.24, 2.45) is 0 Å². The zero-order valence-corrected chi connectivity index (χ0v) is 16.1. The number of rotatable bonds is 5. The van der Waals surface area contributed by atoms with Gasteiger partial charge < -0.3 is 4.42 Å². The third-order valence-corrected chi connectivity index (χ3v) is 6.65. The number of sulfone groups is 1. The molecule has 0 spiro atoms. The highest BCUT2D eigenvalue weighted by atomic mass is 79.9. The van der Waals surface area contributed by atoms with E-state index in [0.29, 0.717) is 5.89 Å². The second-order valence-corrected chi connectivity index (χ2v) is 9.64. The van der Waals surface area contributed by atoms with Crippen LogP contribution in [0.15, 0.2) is 49.5 Å². The number of anilines is 1. The van der Waals surface area contributed by atoms with Gasteiger partial charge in [0.2, 0.25) is 0 Å². The molecule has 0 saturated heterocycles. The second kappa shape index (κ2) is 7.06. The van der Waals surface area contributed by atoms with Crippen LogP contribution in [0.4, 0.5) is 6.01 Å². The number of halogens is 1. The molecule has 1 aromatic carbocycles. The van der Waals surface area contributed by atoms with Crippen molar-refractivity contribution in [3.8, 4) is 10.8 Å². The van der Waals surface area contributed by atoms with Gasteiger partial charge in [0.05, 0.1) is 19.3 Å². The summed E-state index contributed by atoms with van der Waals surface area (Å²) in [6.45, 7) is 1.56. The van der Waals surface area contributed by atoms with E-state index in [1.807, 2.05) is 12.1 Å². The predicted molar refractivity (Wildman–Crippen MR) is 97.4 cm³/mol. The van der Waals surface area contributed by atoms with Crippen molar-refractivity contribution < 1.29 is 17.6 Å². The number of benzene rings is 1. The first-order chi connectivity index (χ1) is 11.9. The van der Waals surface area contributed by atoms with Crippen molar-refractivity contribution >= 4 is 49.0 Å². The van der Waals surface area contributed by atoms with E-state index in [0.717, 1.165) is 8.66 Å². The van der Waals surface area contributed by atoms with Crippen LogP contribution in [-0.4, -0.2) is 30.3 Å². The molecule has 2 heterocycles. The minimum absolute atomic E-state index is 0.00212. The van der Waals surface area contributed by atoms with Gasteiger partial charge in [0.25, 0.3) is 11.8 Å². The summed E-state index contributed by atoms with van der Waals surface area (Å²) in [4.78, 5) is 13.1. The molecule has 3 rings (SSSR count). The molecule has 0 atom stereocenters. The van der Waals surface area contributed by atoms with Crippen LogP contribution in [0.2, 0.25) is 0 Å². The van der Waals surface area contributed by atoms with Crippen molar-refractivity contribution in [2.75, 3.05) is 11.1 Å². The van der Waals surface area contributed by atoms with Gasteiger partial charge in [-0.05, 0) is 52.3 Å². The molecular formula is C15H12BrN3O4S2. The van der Waals surface area contributed by atoms with Crippen LogP contribution >= 0.6 is 27.3 Å². The van der Waals surface area contributed by atoms with Gasteiger partial charge >= 0.3 is 6.01 Å². The van der Waals surface area contributed by atoms with Gasteiger partial charge in [-0.1, -0.05) is 12.0 Å². The average molecular weight is 442 g/mol. The Morgan fingerprint density at radius 2 is 1.92 bits per heavy atom. The Bertz CT molecular complexity index is 1010. The van der Waals surface area contributed by atoms with E-state index in [-0.39, 0.29) is 22.2 Å². The summed E-state index contributed by atoms with van der Waals surface area (Å²) in [5.74, 6) is -0.166. The molecule has 0 bridgehead atoms. The molecule has 0 aliphatic heterocycles. The molecule has 2 aromatic heterocycles. The van der Waals surface area contributed by atoms with Crippen LogP contribution in [0.3, 0.4) is 0 Å². The highest BCUT2D eigenvalue weighted by Crippen LogP contribution is 2.31. The fourth-order valence-electron chi connectivity index (χ4n) is 1.95. The third kappa shape index (κ3) is 3.97. The van der Waals surface area contributed by atoms with E-state index in [2.05, 4.69) is 31.4 Å². The van der Waals surface area contributed by atoms with Crippen LogP contribution in [0.5, 0.6) is 0 Å². The second-order valence-electron chi connectivity index (χ2n) is 4.90. The lowest BCUT2D eigenvalue weighted by molar-refractivity contribution is 0.102. The molecule has 1 N–H and O–H groups in total. The lowest BCUT2D eigenvalue weighted by Crippen LogP contribution is -2.12. The molecule has 3 aromatic rings. The molecule has 25 heavy (non-hydrogen) atoms. The Balaban J connectivity index is 1.73. The number of nitrogens with zero attached hydrogens (tertiary/aromatic N) is 2. The van der Waals surface area contributed by atoms with E-state index in [9.17, 15) is 13.2 Å². The molecule has 0 unspecified atom stereocenters. The lowest BCUT2D eigenvalue weighted by Gasteiger charge is -2.03. The number of thiophene rings is 1. The first-order valence-corrected chi connectivity index (χ1v) is 10.4. The smallest absolute Gasteiger partial charge is 0.322 e. The van der Waals surface area contributed by atoms with Crippen molar-refractivity contribution in [1.82, 2.24) is 10.2 Å². The number of amides is 1. The number of hydrogen-bond acceptors (Lipinski definition) is 7. The first kappa shape index (κ1) is 17.8. The van der Waals surface area contributed by atoms with Crippen molar-refractivity contribution in [2.45, 2.75) is 11.8 Å². The Hall–Kier alpha value is -2.04. The van der Waals surface area contributed by atoms with Crippen LogP contribution in [-0.2, 0) is 9.84 Å². The Morgan fingerprint density at radius 3 is 2.52 bits per heavy atom. The Morgan fingerprint density at radius 1 is 1.20 bits per heavy atom. The highest BCUT2D eigenvalue weighted by molar-refractivity contribution is 9.11. The standard InChI is InChI=1S/C15H12BrN3O4S2/c1-2-25(21,22)10-5-3-9(4-6-10)13(20)17-15-19-18-14(23-15)11-7-8-12(16)24-11/h3-8H,2H2,1H3,(H,17,19,20). The zero-order valence-electron chi connectivity index (χ0n) is 12.9. The fourth-order valence-corrected chi connectivity index (χ4v) is 4.14. The molecule has 1 amide bonds. The molecule has 0 aliphatic carbocycles. The van der Waals surface area contributed by atoms with E-state index >= 15 is 0 Å². The summed E-state index contributed by atoms with van der Waals surface area (Å²) < 4.78 is 29.9. The molecule has 0 radical (unpaired) electrons. The van der Waals surface area contributed by atoms with E-state index in [1.54, 1.807) is 6.92 Å². The summed E-state index contributed by atoms with van der Waals surface area (Å²) in [5, 5.41) is 10.2. The van der Waals surface area contributed by atoms with Gasteiger partial charge in [0.1, 0.15) is 0 Å². The molecular weight excluding hydrogens is 430 g/mol. The molecule has 0 fully saturated rings. The third-order valence-electron chi connectivity index (χ3n) is 3.29. The zero-order chi connectivity index (χ0) is 18.0. The average Bonchev–Trinajstić information content (AvgIpc) is 3.24. The van der Waals surface area contributed by atoms with Gasteiger partial charge in [-0.15, -0.1) is 16.4 Å². The lowest BCUT2D eigenvalue weighted by atomic mass is 10.2.